The normalized spacial score (nSPS) is 11.6. The van der Waals surface area contributed by atoms with Crippen LogP contribution < -0.4 is 9.30 Å². The summed E-state index contributed by atoms with van der Waals surface area (Å²) in [6.07, 6.45) is 7.18. The van der Waals surface area contributed by atoms with Gasteiger partial charge in [0.25, 0.3) is 0 Å². The van der Waals surface area contributed by atoms with Gasteiger partial charge in [0.15, 0.2) is 0 Å². The van der Waals surface area contributed by atoms with Crippen LogP contribution in [0.4, 0.5) is 0 Å². The Hall–Kier alpha value is -4.64. The van der Waals surface area contributed by atoms with Crippen molar-refractivity contribution in [2.75, 3.05) is 0 Å². The second kappa shape index (κ2) is 10.5. The number of hydrogen-bond acceptors (Lipinski definition) is 2. The van der Waals surface area contributed by atoms with E-state index in [1.54, 1.807) is 0 Å². The lowest BCUT2D eigenvalue weighted by atomic mass is 9.92. The van der Waals surface area contributed by atoms with Crippen molar-refractivity contribution in [3.8, 4) is 34.3 Å². The number of ether oxygens (including phenoxy) is 1. The number of aromatic nitrogens is 4. The molecule has 0 saturated heterocycles. The van der Waals surface area contributed by atoms with Crippen LogP contribution in [-0.2, 0) is 7.05 Å². The van der Waals surface area contributed by atoms with Crippen LogP contribution in [0.15, 0.2) is 103 Å². The van der Waals surface area contributed by atoms with Gasteiger partial charge in [0.2, 0.25) is 6.33 Å². The number of imidazole rings is 2. The monoisotopic (exact) mass is 526 g/mol. The van der Waals surface area contributed by atoms with Crippen molar-refractivity contribution in [1.82, 2.24) is 14.1 Å². The maximum atomic E-state index is 6.38. The average Bonchev–Trinajstić information content (AvgIpc) is 3.56. The van der Waals surface area contributed by atoms with Crippen LogP contribution in [0, 0.1) is 6.33 Å². The second-order valence-electron chi connectivity index (χ2n) is 10.9. The molecule has 200 valence electrons. The van der Waals surface area contributed by atoms with Gasteiger partial charge in [0.05, 0.1) is 29.5 Å². The summed E-state index contributed by atoms with van der Waals surface area (Å²) in [4.78, 5) is 5.16. The molecule has 0 amide bonds. The van der Waals surface area contributed by atoms with E-state index in [0.717, 1.165) is 39.6 Å². The zero-order valence-electron chi connectivity index (χ0n) is 23.7. The molecule has 4 aromatic carbocycles. The third kappa shape index (κ3) is 4.79. The summed E-state index contributed by atoms with van der Waals surface area (Å²) in [7, 11) is 1.96. The summed E-state index contributed by atoms with van der Waals surface area (Å²) in [5, 5.41) is 0. The first-order valence-corrected chi connectivity index (χ1v) is 13.8. The largest absolute Gasteiger partial charge is 0.458 e. The molecule has 2 aromatic heterocycles. The Morgan fingerprint density at radius 1 is 0.775 bits per heavy atom. The minimum absolute atomic E-state index is 0.365. The first-order chi connectivity index (χ1) is 19.4. The Labute approximate surface area is 235 Å². The van der Waals surface area contributed by atoms with Gasteiger partial charge in [-0.25, -0.2) is 4.98 Å². The first kappa shape index (κ1) is 25.6. The molecule has 6 aromatic rings. The van der Waals surface area contributed by atoms with Crippen LogP contribution in [0.3, 0.4) is 0 Å². The molecule has 0 aliphatic heterocycles. The van der Waals surface area contributed by atoms with E-state index >= 15 is 0 Å². The third-order valence-corrected chi connectivity index (χ3v) is 7.26. The van der Waals surface area contributed by atoms with E-state index in [4.69, 9.17) is 9.72 Å². The fraction of sp³-hybridized carbons (Fsp3) is 0.200. The van der Waals surface area contributed by atoms with Crippen molar-refractivity contribution in [1.29, 1.82) is 0 Å². The Morgan fingerprint density at radius 2 is 1.45 bits per heavy atom. The van der Waals surface area contributed by atoms with E-state index in [9.17, 15) is 0 Å². The summed E-state index contributed by atoms with van der Waals surface area (Å²) < 4.78 is 12.6. The molecule has 0 spiro atoms. The molecule has 6 rings (SSSR count). The highest BCUT2D eigenvalue weighted by molar-refractivity contribution is 5.84. The smallest absolute Gasteiger partial charge is 0.243 e. The average molecular weight is 527 g/mol. The Bertz CT molecular complexity index is 1780. The highest BCUT2D eigenvalue weighted by Gasteiger charge is 2.22. The molecule has 0 aliphatic rings. The standard InChI is InChI=1S/C35H34N4O/c1-24(2)30-15-10-16-31(25(3)4)34(30)39-33-18-7-6-17-32(33)36-35(39)26-11-8-13-28(21-26)40-29-14-9-12-27(22-29)38-20-19-37(5)23-38/h6-22,24-25H,1-5H3. The fourth-order valence-corrected chi connectivity index (χ4v) is 5.29. The fourth-order valence-electron chi connectivity index (χ4n) is 5.29. The summed E-state index contributed by atoms with van der Waals surface area (Å²) in [6, 6.07) is 31.3. The van der Waals surface area contributed by atoms with Crippen molar-refractivity contribution >= 4 is 11.0 Å². The van der Waals surface area contributed by atoms with Gasteiger partial charge in [-0.15, -0.1) is 0 Å². The lowest BCUT2D eigenvalue weighted by molar-refractivity contribution is -0.599. The molecule has 0 N–H and O–H groups in total. The van der Waals surface area contributed by atoms with Gasteiger partial charge in [-0.05, 0) is 59.4 Å². The summed E-state index contributed by atoms with van der Waals surface area (Å²) in [6.45, 7) is 9.04. The SMILES string of the molecule is CC(C)c1cccc(C(C)C)c1-n1c(-c2cccc(Oc3cccc(-[n+]4[c-]n(C)cc4)c3)c2)nc2ccccc21. The van der Waals surface area contributed by atoms with Crippen LogP contribution >= 0.6 is 0 Å². The Morgan fingerprint density at radius 3 is 2.15 bits per heavy atom. The number of para-hydroxylation sites is 3. The summed E-state index contributed by atoms with van der Waals surface area (Å²) >= 11 is 0. The number of hydrogen-bond donors (Lipinski definition) is 0. The number of rotatable bonds is 7. The topological polar surface area (TPSA) is 35.9 Å². The van der Waals surface area contributed by atoms with Crippen molar-refractivity contribution in [2.45, 2.75) is 39.5 Å². The van der Waals surface area contributed by atoms with Crippen LogP contribution in [0.2, 0.25) is 0 Å². The van der Waals surface area contributed by atoms with Crippen molar-refractivity contribution < 1.29 is 9.30 Å². The number of benzene rings is 4. The molecule has 5 nitrogen and oxygen atoms in total. The van der Waals surface area contributed by atoms with Gasteiger partial charge in [0.1, 0.15) is 17.3 Å². The van der Waals surface area contributed by atoms with Gasteiger partial charge >= 0.3 is 0 Å². The van der Waals surface area contributed by atoms with Crippen LogP contribution in [-0.4, -0.2) is 14.1 Å². The van der Waals surface area contributed by atoms with E-state index < -0.39 is 0 Å². The van der Waals surface area contributed by atoms with Crippen LogP contribution in [0.25, 0.3) is 33.8 Å². The van der Waals surface area contributed by atoms with Gasteiger partial charge in [0, 0.05) is 18.0 Å². The second-order valence-corrected chi connectivity index (χ2v) is 10.9. The predicted octanol–water partition coefficient (Wildman–Crippen LogP) is 8.15. The molecule has 2 heterocycles. The third-order valence-electron chi connectivity index (χ3n) is 7.26. The van der Waals surface area contributed by atoms with E-state index in [1.807, 2.05) is 65.0 Å². The molecule has 0 atom stereocenters. The van der Waals surface area contributed by atoms with Gasteiger partial charge in [-0.2, -0.15) is 0 Å². The quantitative estimate of drug-likeness (QED) is 0.155. The van der Waals surface area contributed by atoms with E-state index in [-0.39, 0.29) is 0 Å². The molecule has 0 fully saturated rings. The highest BCUT2D eigenvalue weighted by Crippen LogP contribution is 2.38. The number of aryl methyl sites for hydroxylation is 1. The highest BCUT2D eigenvalue weighted by atomic mass is 16.5. The van der Waals surface area contributed by atoms with E-state index in [1.165, 1.54) is 16.8 Å². The lowest BCUT2D eigenvalue weighted by Gasteiger charge is -2.22. The lowest BCUT2D eigenvalue weighted by Crippen LogP contribution is -2.27. The molecular formula is C35H34N4O. The van der Waals surface area contributed by atoms with Gasteiger partial charge in [-0.1, -0.05) is 82.3 Å². The Kier molecular flexibility index (Phi) is 6.72. The van der Waals surface area contributed by atoms with Crippen LogP contribution in [0.1, 0.15) is 50.7 Å². The maximum absolute atomic E-state index is 6.38. The molecule has 0 unspecified atom stereocenters. The molecule has 0 saturated carbocycles. The minimum atomic E-state index is 0.365. The summed E-state index contributed by atoms with van der Waals surface area (Å²) in [5.74, 6) is 3.16. The number of nitrogens with zero attached hydrogens (tertiary/aromatic N) is 4. The first-order valence-electron chi connectivity index (χ1n) is 13.8. The molecule has 40 heavy (non-hydrogen) atoms. The van der Waals surface area contributed by atoms with Gasteiger partial charge in [-0.3, -0.25) is 4.57 Å². The molecule has 0 aliphatic carbocycles. The zero-order chi connectivity index (χ0) is 27.8. The molecular weight excluding hydrogens is 492 g/mol. The Balaban J connectivity index is 1.47. The zero-order valence-corrected chi connectivity index (χ0v) is 23.7. The minimum Gasteiger partial charge on any atom is -0.458 e. The van der Waals surface area contributed by atoms with Crippen molar-refractivity contribution in [3.63, 3.8) is 0 Å². The van der Waals surface area contributed by atoms with E-state index in [0.29, 0.717) is 11.8 Å². The summed E-state index contributed by atoms with van der Waals surface area (Å²) in [5.41, 5.74) is 7.92. The van der Waals surface area contributed by atoms with Crippen LogP contribution in [0.5, 0.6) is 11.5 Å². The van der Waals surface area contributed by atoms with Crippen molar-refractivity contribution in [3.05, 3.63) is 121 Å². The molecule has 0 bridgehead atoms. The van der Waals surface area contributed by atoms with Crippen molar-refractivity contribution in [2.24, 2.45) is 7.05 Å². The molecule has 5 heteroatoms. The number of fused-ring (bicyclic) bond motifs is 1. The maximum Gasteiger partial charge on any atom is 0.243 e. The van der Waals surface area contributed by atoms with E-state index in [2.05, 4.69) is 93.2 Å². The van der Waals surface area contributed by atoms with Gasteiger partial charge < -0.3 is 13.9 Å². The predicted molar refractivity (Wildman–Crippen MR) is 161 cm³/mol. The molecule has 0 radical (unpaired) electrons.